The highest BCUT2D eigenvalue weighted by molar-refractivity contribution is 6.66. The molecule has 4 aromatic rings. The molecule has 0 unspecified atom stereocenters. The molecule has 0 aromatic heterocycles. The van der Waals surface area contributed by atoms with Gasteiger partial charge in [0.05, 0.1) is 4.92 Å². The molecule has 0 aliphatic heterocycles. The Balaban J connectivity index is 2.14. The normalized spacial score (nSPS) is 11.0. The van der Waals surface area contributed by atoms with Crippen LogP contribution in [0.3, 0.4) is 0 Å². The van der Waals surface area contributed by atoms with E-state index in [2.05, 4.69) is 0 Å². The van der Waals surface area contributed by atoms with Crippen LogP contribution in [0.25, 0.3) is 32.7 Å². The van der Waals surface area contributed by atoms with Crippen molar-refractivity contribution in [3.8, 4) is 11.1 Å². The molecule has 6 heteroatoms. The summed E-state index contributed by atoms with van der Waals surface area (Å²) >= 11 is 0. The van der Waals surface area contributed by atoms with E-state index in [1.807, 2.05) is 48.5 Å². The van der Waals surface area contributed by atoms with Gasteiger partial charge in [-0.3, -0.25) is 10.1 Å². The van der Waals surface area contributed by atoms with Crippen molar-refractivity contribution in [1.29, 1.82) is 0 Å². The van der Waals surface area contributed by atoms with Crippen LogP contribution in [0.4, 0.5) is 5.69 Å². The molecule has 2 N–H and O–H groups in total. The molecule has 4 rings (SSSR count). The van der Waals surface area contributed by atoms with Crippen molar-refractivity contribution in [2.24, 2.45) is 0 Å². The number of hydrogen-bond acceptors (Lipinski definition) is 4. The van der Waals surface area contributed by atoms with Crippen LogP contribution in [-0.4, -0.2) is 22.1 Å². The van der Waals surface area contributed by atoms with Crippen LogP contribution < -0.4 is 5.46 Å². The molecule has 26 heavy (non-hydrogen) atoms. The Morgan fingerprint density at radius 1 is 0.731 bits per heavy atom. The molecule has 5 nitrogen and oxygen atoms in total. The zero-order valence-corrected chi connectivity index (χ0v) is 13.7. The van der Waals surface area contributed by atoms with E-state index in [0.717, 1.165) is 32.7 Å². The van der Waals surface area contributed by atoms with Crippen LogP contribution in [0.2, 0.25) is 0 Å². The molecule has 0 amide bonds. The van der Waals surface area contributed by atoms with Crippen LogP contribution >= 0.6 is 0 Å². The molecule has 0 saturated carbocycles. The standard InChI is InChI=1S/C20H14BNO4/c23-21(24)20-17-7-3-1-5-15(17)19(16-6-2-4-8-18(16)20)13-9-11-14(12-10-13)22(25)26/h1-12,23-24H. The van der Waals surface area contributed by atoms with Gasteiger partial charge in [0.25, 0.3) is 5.69 Å². The molecule has 0 radical (unpaired) electrons. The fourth-order valence-corrected chi connectivity index (χ4v) is 3.50. The van der Waals surface area contributed by atoms with Gasteiger partial charge in [-0.2, -0.15) is 0 Å². The van der Waals surface area contributed by atoms with Crippen molar-refractivity contribution in [3.05, 3.63) is 82.9 Å². The monoisotopic (exact) mass is 343 g/mol. The average molecular weight is 343 g/mol. The SMILES string of the molecule is O=[N+]([O-])c1ccc(-c2c3ccccc3c(B(O)O)c3ccccc23)cc1. The summed E-state index contributed by atoms with van der Waals surface area (Å²) in [4.78, 5) is 10.5. The van der Waals surface area contributed by atoms with Crippen LogP contribution in [0.15, 0.2) is 72.8 Å². The summed E-state index contributed by atoms with van der Waals surface area (Å²) in [6.07, 6.45) is 0. The van der Waals surface area contributed by atoms with E-state index in [-0.39, 0.29) is 5.69 Å². The summed E-state index contributed by atoms with van der Waals surface area (Å²) in [5.74, 6) is 0. The summed E-state index contributed by atoms with van der Waals surface area (Å²) < 4.78 is 0. The smallest absolute Gasteiger partial charge is 0.423 e. The maximum Gasteiger partial charge on any atom is 0.489 e. The first-order valence-electron chi connectivity index (χ1n) is 8.12. The Morgan fingerprint density at radius 2 is 1.19 bits per heavy atom. The largest absolute Gasteiger partial charge is 0.489 e. The minimum absolute atomic E-state index is 0.0322. The second-order valence-corrected chi connectivity index (χ2v) is 6.06. The Hall–Kier alpha value is -3.22. The van der Waals surface area contributed by atoms with Crippen molar-refractivity contribution in [2.45, 2.75) is 0 Å². The zero-order chi connectivity index (χ0) is 18.3. The summed E-state index contributed by atoms with van der Waals surface area (Å²) in [7, 11) is -1.60. The lowest BCUT2D eigenvalue weighted by atomic mass is 9.72. The molecule has 0 fully saturated rings. The van der Waals surface area contributed by atoms with Crippen molar-refractivity contribution in [2.75, 3.05) is 0 Å². The Kier molecular flexibility index (Phi) is 3.91. The van der Waals surface area contributed by atoms with Crippen molar-refractivity contribution in [1.82, 2.24) is 0 Å². The number of nitro benzene ring substituents is 1. The van der Waals surface area contributed by atoms with E-state index < -0.39 is 12.0 Å². The summed E-state index contributed by atoms with van der Waals surface area (Å²) in [6.45, 7) is 0. The highest BCUT2D eigenvalue weighted by Gasteiger charge is 2.22. The summed E-state index contributed by atoms with van der Waals surface area (Å²) in [6, 6.07) is 21.4. The molecule has 0 atom stereocenters. The van der Waals surface area contributed by atoms with Crippen LogP contribution in [0.1, 0.15) is 0 Å². The lowest BCUT2D eigenvalue weighted by Crippen LogP contribution is -2.31. The number of hydrogen-bond donors (Lipinski definition) is 2. The lowest BCUT2D eigenvalue weighted by molar-refractivity contribution is -0.384. The van der Waals surface area contributed by atoms with Gasteiger partial charge in [0, 0.05) is 12.1 Å². The van der Waals surface area contributed by atoms with Gasteiger partial charge in [-0.05, 0) is 50.3 Å². The van der Waals surface area contributed by atoms with Crippen LogP contribution in [0.5, 0.6) is 0 Å². The van der Waals surface area contributed by atoms with E-state index in [4.69, 9.17) is 0 Å². The summed E-state index contributed by atoms with van der Waals surface area (Å²) in [5.41, 5.74) is 2.24. The lowest BCUT2D eigenvalue weighted by Gasteiger charge is -2.16. The Morgan fingerprint density at radius 3 is 1.62 bits per heavy atom. The molecule has 0 aliphatic carbocycles. The van der Waals surface area contributed by atoms with Gasteiger partial charge in [0.2, 0.25) is 0 Å². The number of non-ortho nitro benzene ring substituents is 1. The molecular formula is C20H14BNO4. The number of nitrogens with zero attached hydrogens (tertiary/aromatic N) is 1. The minimum atomic E-state index is -1.60. The van der Waals surface area contributed by atoms with Gasteiger partial charge in [-0.1, -0.05) is 48.5 Å². The van der Waals surface area contributed by atoms with E-state index in [0.29, 0.717) is 5.46 Å². The molecule has 0 aliphatic rings. The fraction of sp³-hybridized carbons (Fsp3) is 0. The highest BCUT2D eigenvalue weighted by Crippen LogP contribution is 2.36. The maximum absolute atomic E-state index is 10.9. The van der Waals surface area contributed by atoms with Crippen molar-refractivity contribution < 1.29 is 15.0 Å². The van der Waals surface area contributed by atoms with Gasteiger partial charge >= 0.3 is 7.12 Å². The second kappa shape index (κ2) is 6.26. The van der Waals surface area contributed by atoms with Gasteiger partial charge in [0.1, 0.15) is 0 Å². The third kappa shape index (κ3) is 2.52. The molecule has 4 aromatic carbocycles. The molecule has 0 bridgehead atoms. The Labute approximate surface area is 149 Å². The van der Waals surface area contributed by atoms with E-state index in [1.54, 1.807) is 12.1 Å². The zero-order valence-electron chi connectivity index (χ0n) is 13.7. The number of rotatable bonds is 3. The first-order valence-corrected chi connectivity index (χ1v) is 8.12. The molecular weight excluding hydrogens is 329 g/mol. The topological polar surface area (TPSA) is 83.6 Å². The van der Waals surface area contributed by atoms with Crippen LogP contribution in [-0.2, 0) is 0 Å². The third-order valence-electron chi connectivity index (χ3n) is 4.60. The van der Waals surface area contributed by atoms with E-state index in [1.165, 1.54) is 12.1 Å². The average Bonchev–Trinajstić information content (AvgIpc) is 2.65. The number of nitro groups is 1. The number of fused-ring (bicyclic) bond motifs is 2. The van der Waals surface area contributed by atoms with Crippen molar-refractivity contribution in [3.63, 3.8) is 0 Å². The minimum Gasteiger partial charge on any atom is -0.423 e. The Bertz CT molecular complexity index is 1080. The molecule has 0 spiro atoms. The van der Waals surface area contributed by atoms with Gasteiger partial charge < -0.3 is 10.0 Å². The molecule has 126 valence electrons. The summed E-state index contributed by atoms with van der Waals surface area (Å²) in [5, 5.41) is 34.1. The maximum atomic E-state index is 10.9. The van der Waals surface area contributed by atoms with Gasteiger partial charge in [-0.25, -0.2) is 0 Å². The van der Waals surface area contributed by atoms with Gasteiger partial charge in [0.15, 0.2) is 0 Å². The van der Waals surface area contributed by atoms with Crippen molar-refractivity contribution >= 4 is 39.8 Å². The number of benzene rings is 4. The highest BCUT2D eigenvalue weighted by atomic mass is 16.6. The predicted molar refractivity (Wildman–Crippen MR) is 103 cm³/mol. The third-order valence-corrected chi connectivity index (χ3v) is 4.60. The van der Waals surface area contributed by atoms with Gasteiger partial charge in [-0.15, -0.1) is 0 Å². The quantitative estimate of drug-likeness (QED) is 0.259. The molecule has 0 saturated heterocycles. The first kappa shape index (κ1) is 16.3. The first-order chi connectivity index (χ1) is 12.6. The van der Waals surface area contributed by atoms with E-state index >= 15 is 0 Å². The fourth-order valence-electron chi connectivity index (χ4n) is 3.50. The predicted octanol–water partition coefficient (Wildman–Crippen LogP) is 3.25. The molecule has 0 heterocycles. The second-order valence-electron chi connectivity index (χ2n) is 6.06. The van der Waals surface area contributed by atoms with Crippen LogP contribution in [0, 0.1) is 10.1 Å². The van der Waals surface area contributed by atoms with E-state index in [9.17, 15) is 20.2 Å².